The Morgan fingerprint density at radius 2 is 1.79 bits per heavy atom. The maximum atomic E-state index is 12.3. The molecule has 24 heavy (non-hydrogen) atoms. The lowest BCUT2D eigenvalue weighted by molar-refractivity contribution is 0.102. The van der Waals surface area contributed by atoms with Crippen molar-refractivity contribution in [3.63, 3.8) is 0 Å². The van der Waals surface area contributed by atoms with E-state index in [1.807, 2.05) is 19.1 Å². The molecule has 1 aliphatic carbocycles. The van der Waals surface area contributed by atoms with E-state index in [2.05, 4.69) is 32.6 Å². The zero-order chi connectivity index (χ0) is 17.3. The average molecular weight is 456 g/mol. The second kappa shape index (κ2) is 6.81. The summed E-state index contributed by atoms with van der Waals surface area (Å²) in [6, 6.07) is 11.7. The standard InChI is InChI=1S/C17H17IN2O3S/c1-11-2-3-12(10-16(11)18)17(21)19-13-6-8-15(9-7-13)24(22,23)20-14-4-5-14/h2-3,6-10,14,20H,4-5H2,1H3,(H,19,21). The number of anilines is 1. The Labute approximate surface area is 155 Å². The molecule has 0 radical (unpaired) electrons. The van der Waals surface area contributed by atoms with E-state index in [-0.39, 0.29) is 16.8 Å². The van der Waals surface area contributed by atoms with Crippen LogP contribution in [0, 0.1) is 10.5 Å². The van der Waals surface area contributed by atoms with Gasteiger partial charge < -0.3 is 5.32 Å². The Kier molecular flexibility index (Phi) is 4.93. The third-order valence-corrected chi connectivity index (χ3v) is 6.45. The Bertz CT molecular complexity index is 875. The predicted molar refractivity (Wildman–Crippen MR) is 102 cm³/mol. The molecule has 2 aromatic carbocycles. The molecular formula is C17H17IN2O3S. The van der Waals surface area contributed by atoms with Gasteiger partial charge in [-0.15, -0.1) is 0 Å². The number of amides is 1. The highest BCUT2D eigenvalue weighted by Crippen LogP contribution is 2.23. The first kappa shape index (κ1) is 17.4. The molecule has 126 valence electrons. The zero-order valence-electron chi connectivity index (χ0n) is 13.0. The molecular weight excluding hydrogens is 439 g/mol. The van der Waals surface area contributed by atoms with Gasteiger partial charge in [-0.25, -0.2) is 13.1 Å². The van der Waals surface area contributed by atoms with Crippen LogP contribution < -0.4 is 10.0 Å². The topological polar surface area (TPSA) is 75.3 Å². The molecule has 0 atom stereocenters. The van der Waals surface area contributed by atoms with Crippen LogP contribution in [0.2, 0.25) is 0 Å². The molecule has 0 heterocycles. The van der Waals surface area contributed by atoms with Gasteiger partial charge in [-0.3, -0.25) is 4.79 Å². The van der Waals surface area contributed by atoms with Crippen molar-refractivity contribution >= 4 is 44.2 Å². The Balaban J connectivity index is 1.71. The lowest BCUT2D eigenvalue weighted by Crippen LogP contribution is -2.25. The van der Waals surface area contributed by atoms with Gasteiger partial charge in [0.05, 0.1) is 4.90 Å². The minimum absolute atomic E-state index is 0.0680. The molecule has 0 spiro atoms. The largest absolute Gasteiger partial charge is 0.322 e. The number of carbonyl (C=O) groups is 1. The summed E-state index contributed by atoms with van der Waals surface area (Å²) in [5.74, 6) is -0.223. The molecule has 1 amide bonds. The molecule has 2 aromatic rings. The van der Waals surface area contributed by atoms with E-state index in [1.165, 1.54) is 12.1 Å². The van der Waals surface area contributed by atoms with Crippen LogP contribution in [0.25, 0.3) is 0 Å². The monoisotopic (exact) mass is 456 g/mol. The minimum atomic E-state index is -3.47. The highest BCUT2D eigenvalue weighted by atomic mass is 127. The van der Waals surface area contributed by atoms with E-state index in [0.717, 1.165) is 22.0 Å². The molecule has 1 saturated carbocycles. The van der Waals surface area contributed by atoms with Crippen LogP contribution in [0.3, 0.4) is 0 Å². The van der Waals surface area contributed by atoms with Crippen LogP contribution in [0.4, 0.5) is 5.69 Å². The molecule has 0 saturated heterocycles. The maximum Gasteiger partial charge on any atom is 0.255 e. The van der Waals surface area contributed by atoms with Crippen LogP contribution in [0.5, 0.6) is 0 Å². The van der Waals surface area contributed by atoms with Crippen molar-refractivity contribution in [3.8, 4) is 0 Å². The summed E-state index contributed by atoms with van der Waals surface area (Å²) in [7, 11) is -3.47. The number of hydrogen-bond donors (Lipinski definition) is 2. The summed E-state index contributed by atoms with van der Waals surface area (Å²) >= 11 is 2.19. The summed E-state index contributed by atoms with van der Waals surface area (Å²) in [5, 5.41) is 2.78. The quantitative estimate of drug-likeness (QED) is 0.679. The SMILES string of the molecule is Cc1ccc(C(=O)Nc2ccc(S(=O)(=O)NC3CC3)cc2)cc1I. The zero-order valence-corrected chi connectivity index (χ0v) is 16.0. The van der Waals surface area contributed by atoms with E-state index in [9.17, 15) is 13.2 Å². The third-order valence-electron chi connectivity index (χ3n) is 3.76. The van der Waals surface area contributed by atoms with Gasteiger partial charge >= 0.3 is 0 Å². The van der Waals surface area contributed by atoms with Crippen LogP contribution in [-0.4, -0.2) is 20.4 Å². The van der Waals surface area contributed by atoms with E-state index < -0.39 is 10.0 Å². The number of carbonyl (C=O) groups excluding carboxylic acids is 1. The number of aryl methyl sites for hydroxylation is 1. The molecule has 3 rings (SSSR count). The van der Waals surface area contributed by atoms with E-state index in [0.29, 0.717) is 11.3 Å². The van der Waals surface area contributed by atoms with Crippen molar-refractivity contribution in [1.82, 2.24) is 4.72 Å². The fraction of sp³-hybridized carbons (Fsp3) is 0.235. The minimum Gasteiger partial charge on any atom is -0.322 e. The molecule has 1 fully saturated rings. The fourth-order valence-corrected chi connectivity index (χ4v) is 3.96. The first-order valence-corrected chi connectivity index (χ1v) is 10.1. The van der Waals surface area contributed by atoms with Gasteiger partial charge in [0.15, 0.2) is 0 Å². The first-order chi connectivity index (χ1) is 11.3. The van der Waals surface area contributed by atoms with Gasteiger partial charge in [-0.2, -0.15) is 0 Å². The van der Waals surface area contributed by atoms with Crippen LogP contribution in [0.15, 0.2) is 47.4 Å². The van der Waals surface area contributed by atoms with Crippen molar-refractivity contribution in [3.05, 3.63) is 57.2 Å². The number of sulfonamides is 1. The molecule has 0 unspecified atom stereocenters. The molecule has 5 nitrogen and oxygen atoms in total. The van der Waals surface area contributed by atoms with Crippen molar-refractivity contribution < 1.29 is 13.2 Å². The van der Waals surface area contributed by atoms with Gasteiger partial charge in [0.1, 0.15) is 0 Å². The predicted octanol–water partition coefficient (Wildman–Crippen LogP) is 3.29. The highest BCUT2D eigenvalue weighted by Gasteiger charge is 2.27. The van der Waals surface area contributed by atoms with Gasteiger partial charge in [-0.1, -0.05) is 6.07 Å². The molecule has 2 N–H and O–H groups in total. The van der Waals surface area contributed by atoms with Crippen molar-refractivity contribution in [1.29, 1.82) is 0 Å². The molecule has 0 bridgehead atoms. The van der Waals surface area contributed by atoms with Crippen LogP contribution in [-0.2, 0) is 10.0 Å². The fourth-order valence-electron chi connectivity index (χ4n) is 2.14. The number of nitrogens with one attached hydrogen (secondary N) is 2. The van der Waals surface area contributed by atoms with Gasteiger partial charge in [0.2, 0.25) is 10.0 Å². The number of halogens is 1. The summed E-state index contributed by atoms with van der Waals surface area (Å²) in [4.78, 5) is 12.5. The second-order valence-electron chi connectivity index (χ2n) is 5.84. The Hall–Kier alpha value is -1.45. The van der Waals surface area contributed by atoms with E-state index in [4.69, 9.17) is 0 Å². The maximum absolute atomic E-state index is 12.3. The summed E-state index contributed by atoms with van der Waals surface area (Å²) in [6.07, 6.45) is 1.78. The molecule has 0 aromatic heterocycles. The van der Waals surface area contributed by atoms with Gasteiger partial charge in [0, 0.05) is 20.9 Å². The van der Waals surface area contributed by atoms with Crippen molar-refractivity contribution in [2.45, 2.75) is 30.7 Å². The Morgan fingerprint density at radius 1 is 1.12 bits per heavy atom. The van der Waals surface area contributed by atoms with Crippen LogP contribution in [0.1, 0.15) is 28.8 Å². The molecule has 7 heteroatoms. The van der Waals surface area contributed by atoms with Gasteiger partial charge in [0.25, 0.3) is 5.91 Å². The van der Waals surface area contributed by atoms with Crippen molar-refractivity contribution in [2.75, 3.05) is 5.32 Å². The van der Waals surface area contributed by atoms with Gasteiger partial charge in [-0.05, 0) is 84.3 Å². The summed E-state index contributed by atoms with van der Waals surface area (Å²) in [5.41, 5.74) is 2.24. The third kappa shape index (κ3) is 4.14. The second-order valence-corrected chi connectivity index (χ2v) is 8.71. The Morgan fingerprint density at radius 3 is 2.38 bits per heavy atom. The number of benzene rings is 2. The summed E-state index contributed by atoms with van der Waals surface area (Å²) < 4.78 is 27.9. The van der Waals surface area contributed by atoms with E-state index >= 15 is 0 Å². The van der Waals surface area contributed by atoms with E-state index in [1.54, 1.807) is 18.2 Å². The average Bonchev–Trinajstić information content (AvgIpc) is 3.34. The first-order valence-electron chi connectivity index (χ1n) is 7.55. The lowest BCUT2D eigenvalue weighted by atomic mass is 10.1. The summed E-state index contributed by atoms with van der Waals surface area (Å²) in [6.45, 7) is 1.98. The number of hydrogen-bond acceptors (Lipinski definition) is 3. The molecule has 0 aliphatic heterocycles. The number of rotatable bonds is 5. The molecule has 1 aliphatic rings. The lowest BCUT2D eigenvalue weighted by Gasteiger charge is -2.09. The van der Waals surface area contributed by atoms with Crippen LogP contribution >= 0.6 is 22.6 Å². The van der Waals surface area contributed by atoms with Crippen molar-refractivity contribution in [2.24, 2.45) is 0 Å². The highest BCUT2D eigenvalue weighted by molar-refractivity contribution is 14.1. The smallest absolute Gasteiger partial charge is 0.255 e. The normalized spacial score (nSPS) is 14.4.